The van der Waals surface area contributed by atoms with Crippen molar-refractivity contribution in [3.8, 4) is 11.3 Å². The van der Waals surface area contributed by atoms with Crippen LogP contribution in [0, 0.1) is 0 Å². The van der Waals surface area contributed by atoms with E-state index >= 15 is 0 Å². The van der Waals surface area contributed by atoms with Crippen LogP contribution < -0.4 is 5.73 Å². The Morgan fingerprint density at radius 1 is 1.26 bits per heavy atom. The van der Waals surface area contributed by atoms with Crippen molar-refractivity contribution in [2.45, 2.75) is 19.8 Å². The molecule has 0 radical (unpaired) electrons. The van der Waals surface area contributed by atoms with E-state index in [2.05, 4.69) is 40.6 Å². The lowest BCUT2D eigenvalue weighted by atomic mass is 10.1. The highest BCUT2D eigenvalue weighted by Crippen LogP contribution is 2.33. The van der Waals surface area contributed by atoms with Gasteiger partial charge >= 0.3 is 0 Å². The van der Waals surface area contributed by atoms with Crippen LogP contribution in [0.2, 0.25) is 0 Å². The number of imidazole rings is 1. The van der Waals surface area contributed by atoms with Crippen molar-refractivity contribution in [3.05, 3.63) is 47.1 Å². The number of aryl methyl sites for hydroxylation is 1. The fourth-order valence-corrected chi connectivity index (χ4v) is 3.49. The number of nitrogens with zero attached hydrogens (tertiary/aromatic N) is 2. The van der Waals surface area contributed by atoms with Gasteiger partial charge in [0.05, 0.1) is 11.9 Å². The lowest BCUT2D eigenvalue weighted by molar-refractivity contribution is 0.909. The molecule has 0 aliphatic rings. The standard InChI is InChI=1S/C15H17N3S/c1-2-13-14(11-6-4-3-5-7-11)18-12(8-9-16)10-17-15(18)19-13/h3-7,10H,2,8-9,16H2,1H3. The lowest BCUT2D eigenvalue weighted by Gasteiger charge is -2.06. The lowest BCUT2D eigenvalue weighted by Crippen LogP contribution is -2.05. The van der Waals surface area contributed by atoms with Crippen LogP contribution >= 0.6 is 11.3 Å². The number of fused-ring (bicyclic) bond motifs is 1. The van der Waals surface area contributed by atoms with Gasteiger partial charge < -0.3 is 5.73 Å². The Labute approximate surface area is 116 Å². The second kappa shape index (κ2) is 5.15. The summed E-state index contributed by atoms with van der Waals surface area (Å²) in [6.07, 6.45) is 3.84. The molecular formula is C15H17N3S. The zero-order chi connectivity index (χ0) is 13.2. The van der Waals surface area contributed by atoms with Crippen molar-refractivity contribution >= 4 is 16.3 Å². The van der Waals surface area contributed by atoms with E-state index in [0.29, 0.717) is 6.54 Å². The average Bonchev–Trinajstić information content (AvgIpc) is 2.99. The van der Waals surface area contributed by atoms with Crippen molar-refractivity contribution in [2.75, 3.05) is 6.54 Å². The molecule has 0 spiro atoms. The summed E-state index contributed by atoms with van der Waals surface area (Å²) < 4.78 is 2.27. The highest BCUT2D eigenvalue weighted by Gasteiger charge is 2.16. The smallest absolute Gasteiger partial charge is 0.194 e. The first-order chi connectivity index (χ1) is 9.35. The molecule has 0 aliphatic carbocycles. The maximum atomic E-state index is 5.70. The number of hydrogen-bond donors (Lipinski definition) is 1. The number of nitrogens with two attached hydrogens (primary N) is 1. The summed E-state index contributed by atoms with van der Waals surface area (Å²) >= 11 is 1.78. The zero-order valence-corrected chi connectivity index (χ0v) is 11.8. The maximum absolute atomic E-state index is 5.70. The molecule has 3 aromatic rings. The first-order valence-electron chi connectivity index (χ1n) is 6.58. The van der Waals surface area contributed by atoms with Gasteiger partial charge in [0.25, 0.3) is 0 Å². The highest BCUT2D eigenvalue weighted by molar-refractivity contribution is 7.17. The van der Waals surface area contributed by atoms with Crippen LogP contribution in [0.25, 0.3) is 16.2 Å². The van der Waals surface area contributed by atoms with Gasteiger partial charge in [0.15, 0.2) is 4.96 Å². The third-order valence-electron chi connectivity index (χ3n) is 3.27. The molecule has 3 rings (SSSR count). The molecule has 0 saturated carbocycles. The molecule has 0 bridgehead atoms. The largest absolute Gasteiger partial charge is 0.330 e. The molecule has 2 N–H and O–H groups in total. The fourth-order valence-electron chi connectivity index (χ4n) is 2.41. The molecule has 4 heteroatoms. The molecular weight excluding hydrogens is 254 g/mol. The Morgan fingerprint density at radius 2 is 2.05 bits per heavy atom. The number of benzene rings is 1. The summed E-state index contributed by atoms with van der Waals surface area (Å²) in [5.74, 6) is 0. The van der Waals surface area contributed by atoms with Crippen molar-refractivity contribution in [3.63, 3.8) is 0 Å². The van der Waals surface area contributed by atoms with Gasteiger partial charge in [-0.1, -0.05) is 37.3 Å². The SMILES string of the molecule is CCc1sc2ncc(CCN)n2c1-c1ccccc1. The third-order valence-corrected chi connectivity index (χ3v) is 4.47. The van der Waals surface area contributed by atoms with Crippen molar-refractivity contribution in [1.82, 2.24) is 9.38 Å². The summed E-state index contributed by atoms with van der Waals surface area (Å²) in [5, 5.41) is 0. The Bertz CT molecular complexity index is 682. The molecule has 19 heavy (non-hydrogen) atoms. The van der Waals surface area contributed by atoms with Crippen LogP contribution in [0.4, 0.5) is 0 Å². The Hall–Kier alpha value is -1.65. The van der Waals surface area contributed by atoms with Gasteiger partial charge in [-0.15, -0.1) is 11.3 Å². The van der Waals surface area contributed by atoms with Crippen LogP contribution in [0.3, 0.4) is 0 Å². The quantitative estimate of drug-likeness (QED) is 0.792. The Balaban J connectivity index is 2.27. The van der Waals surface area contributed by atoms with Gasteiger partial charge in [-0.3, -0.25) is 4.40 Å². The average molecular weight is 271 g/mol. The predicted octanol–water partition coefficient (Wildman–Crippen LogP) is 3.13. The Morgan fingerprint density at radius 3 is 2.74 bits per heavy atom. The molecule has 2 aromatic heterocycles. The number of thiazole rings is 1. The zero-order valence-electron chi connectivity index (χ0n) is 11.0. The van der Waals surface area contributed by atoms with E-state index in [9.17, 15) is 0 Å². The third kappa shape index (κ3) is 2.07. The molecule has 0 saturated heterocycles. The van der Waals surface area contributed by atoms with Crippen molar-refractivity contribution in [1.29, 1.82) is 0 Å². The van der Waals surface area contributed by atoms with Gasteiger partial charge in [-0.2, -0.15) is 0 Å². The highest BCUT2D eigenvalue weighted by atomic mass is 32.1. The minimum absolute atomic E-state index is 0.652. The van der Waals surface area contributed by atoms with E-state index in [1.807, 2.05) is 12.3 Å². The van der Waals surface area contributed by atoms with Crippen LogP contribution in [0.1, 0.15) is 17.5 Å². The summed E-state index contributed by atoms with van der Waals surface area (Å²) in [6.45, 7) is 2.85. The number of aromatic nitrogens is 2. The first kappa shape index (κ1) is 12.4. The minimum Gasteiger partial charge on any atom is -0.330 e. The summed E-state index contributed by atoms with van der Waals surface area (Å²) in [7, 11) is 0. The van der Waals surface area contributed by atoms with E-state index < -0.39 is 0 Å². The maximum Gasteiger partial charge on any atom is 0.194 e. The van der Waals surface area contributed by atoms with Crippen LogP contribution in [-0.2, 0) is 12.8 Å². The van der Waals surface area contributed by atoms with Crippen LogP contribution in [-0.4, -0.2) is 15.9 Å². The summed E-state index contributed by atoms with van der Waals surface area (Å²) in [6, 6.07) is 10.5. The van der Waals surface area contributed by atoms with Crippen molar-refractivity contribution in [2.24, 2.45) is 5.73 Å². The number of rotatable bonds is 4. The monoisotopic (exact) mass is 271 g/mol. The molecule has 0 fully saturated rings. The van der Waals surface area contributed by atoms with Gasteiger partial charge in [0, 0.05) is 17.0 Å². The molecule has 2 heterocycles. The normalized spacial score (nSPS) is 11.3. The van der Waals surface area contributed by atoms with Gasteiger partial charge in [-0.25, -0.2) is 4.98 Å². The summed E-state index contributed by atoms with van der Waals surface area (Å²) in [4.78, 5) is 6.97. The summed E-state index contributed by atoms with van der Waals surface area (Å²) in [5.41, 5.74) is 9.44. The van der Waals surface area contributed by atoms with E-state index in [1.54, 1.807) is 11.3 Å². The molecule has 0 amide bonds. The first-order valence-corrected chi connectivity index (χ1v) is 7.40. The van der Waals surface area contributed by atoms with E-state index in [-0.39, 0.29) is 0 Å². The molecule has 3 nitrogen and oxygen atoms in total. The minimum atomic E-state index is 0.652. The fraction of sp³-hybridized carbons (Fsp3) is 0.267. The van der Waals surface area contributed by atoms with Gasteiger partial charge in [-0.05, 0) is 18.5 Å². The van der Waals surface area contributed by atoms with Gasteiger partial charge in [0.1, 0.15) is 0 Å². The second-order valence-electron chi connectivity index (χ2n) is 4.50. The number of hydrogen-bond acceptors (Lipinski definition) is 3. The van der Waals surface area contributed by atoms with E-state index in [1.165, 1.54) is 21.8 Å². The topological polar surface area (TPSA) is 43.3 Å². The van der Waals surface area contributed by atoms with Crippen molar-refractivity contribution < 1.29 is 0 Å². The predicted molar refractivity (Wildman–Crippen MR) is 80.6 cm³/mol. The molecule has 0 atom stereocenters. The van der Waals surface area contributed by atoms with E-state index in [0.717, 1.165) is 17.8 Å². The Kier molecular flexibility index (Phi) is 3.36. The van der Waals surface area contributed by atoms with Crippen LogP contribution in [0.15, 0.2) is 36.5 Å². The van der Waals surface area contributed by atoms with Gasteiger partial charge in [0.2, 0.25) is 0 Å². The molecule has 0 unspecified atom stereocenters. The second-order valence-corrected chi connectivity index (χ2v) is 5.56. The molecule has 98 valence electrons. The molecule has 0 aliphatic heterocycles. The van der Waals surface area contributed by atoms with E-state index in [4.69, 9.17) is 5.73 Å². The van der Waals surface area contributed by atoms with Crippen LogP contribution in [0.5, 0.6) is 0 Å². The molecule has 1 aromatic carbocycles.